The number of fused-ring (bicyclic) bond motifs is 1. The lowest BCUT2D eigenvalue weighted by Crippen LogP contribution is -2.38. The summed E-state index contributed by atoms with van der Waals surface area (Å²) in [6.07, 6.45) is 5.84. The number of rotatable bonds is 8. The Balaban J connectivity index is 1.69. The van der Waals surface area contributed by atoms with Crippen molar-refractivity contribution in [3.63, 3.8) is 0 Å². The SMILES string of the molecule is Cc1ccc2[nH]c(=O)c(CN(CCO)[C@H](c3nnnn3C3CCCCC3)C(C)C)cc2c1. The van der Waals surface area contributed by atoms with Gasteiger partial charge in [0.2, 0.25) is 0 Å². The molecule has 8 heteroatoms. The van der Waals surface area contributed by atoms with Gasteiger partial charge in [0.25, 0.3) is 5.56 Å². The molecule has 0 saturated heterocycles. The standard InChI is InChI=1S/C24H34N6O2/c1-16(2)22(23-26-27-28-30(23)20-7-5-4-6-8-20)29(11-12-31)15-19-14-18-13-17(3)9-10-21(18)25-24(19)32/h9-10,13-14,16,20,22,31H,4-8,11-12,15H2,1-3H3,(H,25,32)/t22-/m0/s1. The molecule has 8 nitrogen and oxygen atoms in total. The van der Waals surface area contributed by atoms with Crippen LogP contribution in [0.5, 0.6) is 0 Å². The number of tetrazole rings is 1. The molecule has 0 spiro atoms. The molecule has 1 atom stereocenters. The number of H-pyrrole nitrogens is 1. The van der Waals surface area contributed by atoms with Gasteiger partial charge in [-0.05, 0) is 59.7 Å². The average molecular weight is 439 g/mol. The quantitative estimate of drug-likeness (QED) is 0.558. The fraction of sp³-hybridized carbons (Fsp3) is 0.583. The van der Waals surface area contributed by atoms with Crippen molar-refractivity contribution in [3.05, 3.63) is 51.6 Å². The summed E-state index contributed by atoms with van der Waals surface area (Å²) in [4.78, 5) is 18.0. The van der Waals surface area contributed by atoms with Crippen LogP contribution >= 0.6 is 0 Å². The predicted octanol–water partition coefficient (Wildman–Crippen LogP) is 3.52. The molecule has 2 heterocycles. The van der Waals surface area contributed by atoms with Gasteiger partial charge in [0.15, 0.2) is 5.82 Å². The molecule has 0 amide bonds. The minimum Gasteiger partial charge on any atom is -0.395 e. The van der Waals surface area contributed by atoms with Gasteiger partial charge >= 0.3 is 0 Å². The Kier molecular flexibility index (Phi) is 7.01. The van der Waals surface area contributed by atoms with E-state index in [2.05, 4.69) is 45.3 Å². The van der Waals surface area contributed by atoms with Crippen molar-refractivity contribution in [3.8, 4) is 0 Å². The van der Waals surface area contributed by atoms with Gasteiger partial charge in [0.1, 0.15) is 0 Å². The van der Waals surface area contributed by atoms with Gasteiger partial charge in [-0.2, -0.15) is 0 Å². The van der Waals surface area contributed by atoms with Crippen LogP contribution in [0.3, 0.4) is 0 Å². The van der Waals surface area contributed by atoms with Gasteiger partial charge in [-0.25, -0.2) is 4.68 Å². The highest BCUT2D eigenvalue weighted by molar-refractivity contribution is 5.79. The summed E-state index contributed by atoms with van der Waals surface area (Å²) in [6.45, 7) is 7.18. The molecular weight excluding hydrogens is 404 g/mol. The predicted molar refractivity (Wildman–Crippen MR) is 124 cm³/mol. The molecule has 2 N–H and O–H groups in total. The van der Waals surface area contributed by atoms with Crippen LogP contribution in [0.15, 0.2) is 29.1 Å². The maximum absolute atomic E-state index is 12.9. The highest BCUT2D eigenvalue weighted by atomic mass is 16.3. The van der Waals surface area contributed by atoms with Gasteiger partial charge < -0.3 is 10.1 Å². The first-order valence-corrected chi connectivity index (χ1v) is 11.7. The Morgan fingerprint density at radius 2 is 2.00 bits per heavy atom. The monoisotopic (exact) mass is 438 g/mol. The second-order valence-electron chi connectivity index (χ2n) is 9.37. The summed E-state index contributed by atoms with van der Waals surface area (Å²) in [5.41, 5.74) is 2.56. The highest BCUT2D eigenvalue weighted by Gasteiger charge is 2.32. The van der Waals surface area contributed by atoms with E-state index < -0.39 is 0 Å². The lowest BCUT2D eigenvalue weighted by molar-refractivity contribution is 0.103. The number of aliphatic hydroxyl groups is 1. The molecule has 1 aromatic carbocycles. The number of aliphatic hydroxyl groups excluding tert-OH is 1. The summed E-state index contributed by atoms with van der Waals surface area (Å²) < 4.78 is 2.00. The Labute approximate surface area is 188 Å². The van der Waals surface area contributed by atoms with Crippen LogP contribution in [0.4, 0.5) is 0 Å². The van der Waals surface area contributed by atoms with Crippen molar-refractivity contribution in [2.24, 2.45) is 5.92 Å². The van der Waals surface area contributed by atoms with Crippen molar-refractivity contribution in [1.29, 1.82) is 0 Å². The minimum absolute atomic E-state index is 0.00118. The molecule has 0 unspecified atom stereocenters. The Morgan fingerprint density at radius 1 is 1.22 bits per heavy atom. The molecule has 0 aliphatic heterocycles. The Bertz CT molecular complexity index is 1100. The smallest absolute Gasteiger partial charge is 0.252 e. The van der Waals surface area contributed by atoms with E-state index in [-0.39, 0.29) is 24.1 Å². The van der Waals surface area contributed by atoms with E-state index in [1.165, 1.54) is 19.3 Å². The first-order chi connectivity index (χ1) is 15.5. The number of hydrogen-bond acceptors (Lipinski definition) is 6. The van der Waals surface area contributed by atoms with Crippen molar-refractivity contribution in [2.75, 3.05) is 13.2 Å². The normalized spacial score (nSPS) is 16.3. The van der Waals surface area contributed by atoms with E-state index in [9.17, 15) is 9.90 Å². The maximum atomic E-state index is 12.9. The zero-order chi connectivity index (χ0) is 22.7. The number of benzene rings is 1. The van der Waals surface area contributed by atoms with E-state index in [0.29, 0.717) is 24.7 Å². The topological polar surface area (TPSA) is 99.9 Å². The second kappa shape index (κ2) is 9.92. The molecule has 1 aliphatic rings. The fourth-order valence-corrected chi connectivity index (χ4v) is 5.02. The zero-order valence-corrected chi connectivity index (χ0v) is 19.3. The molecular formula is C24H34N6O2. The fourth-order valence-electron chi connectivity index (χ4n) is 5.02. The average Bonchev–Trinajstić information content (AvgIpc) is 3.24. The summed E-state index contributed by atoms with van der Waals surface area (Å²) in [7, 11) is 0. The van der Waals surface area contributed by atoms with Crippen LogP contribution in [0.25, 0.3) is 10.9 Å². The van der Waals surface area contributed by atoms with Gasteiger partial charge in [-0.3, -0.25) is 9.69 Å². The molecule has 0 bridgehead atoms. The third-order valence-electron chi connectivity index (χ3n) is 6.57. The number of nitrogens with zero attached hydrogens (tertiary/aromatic N) is 5. The second-order valence-corrected chi connectivity index (χ2v) is 9.37. The summed E-state index contributed by atoms with van der Waals surface area (Å²) in [5.74, 6) is 1.03. The molecule has 32 heavy (non-hydrogen) atoms. The van der Waals surface area contributed by atoms with Crippen LogP contribution in [-0.4, -0.2) is 48.3 Å². The first-order valence-electron chi connectivity index (χ1n) is 11.7. The van der Waals surface area contributed by atoms with Crippen LogP contribution in [0, 0.1) is 12.8 Å². The van der Waals surface area contributed by atoms with Crippen LogP contribution in [-0.2, 0) is 6.54 Å². The summed E-state index contributed by atoms with van der Waals surface area (Å²) in [5, 5.41) is 23.7. The molecule has 1 aliphatic carbocycles. The van der Waals surface area contributed by atoms with Gasteiger partial charge in [0.05, 0.1) is 18.7 Å². The minimum atomic E-state index is -0.105. The van der Waals surface area contributed by atoms with E-state index in [4.69, 9.17) is 0 Å². The largest absolute Gasteiger partial charge is 0.395 e. The number of hydrogen-bond donors (Lipinski definition) is 2. The number of aromatic amines is 1. The molecule has 1 saturated carbocycles. The summed E-state index contributed by atoms with van der Waals surface area (Å²) >= 11 is 0. The van der Waals surface area contributed by atoms with E-state index in [1.807, 2.05) is 29.8 Å². The van der Waals surface area contributed by atoms with Gasteiger partial charge in [-0.1, -0.05) is 44.7 Å². The van der Waals surface area contributed by atoms with Crippen molar-refractivity contribution in [1.82, 2.24) is 30.1 Å². The van der Waals surface area contributed by atoms with E-state index in [0.717, 1.165) is 35.1 Å². The molecule has 0 radical (unpaired) electrons. The number of aromatic nitrogens is 5. The maximum Gasteiger partial charge on any atom is 0.252 e. The molecule has 3 aromatic rings. The van der Waals surface area contributed by atoms with Crippen LogP contribution in [0.2, 0.25) is 0 Å². The van der Waals surface area contributed by atoms with Crippen molar-refractivity contribution < 1.29 is 5.11 Å². The summed E-state index contributed by atoms with van der Waals surface area (Å²) in [6, 6.07) is 8.19. The third kappa shape index (κ3) is 4.76. The third-order valence-corrected chi connectivity index (χ3v) is 6.57. The van der Waals surface area contributed by atoms with Crippen LogP contribution < -0.4 is 5.56 Å². The van der Waals surface area contributed by atoms with Crippen molar-refractivity contribution in [2.45, 2.75) is 71.5 Å². The van der Waals surface area contributed by atoms with E-state index >= 15 is 0 Å². The van der Waals surface area contributed by atoms with Gasteiger partial charge in [0, 0.05) is 24.2 Å². The van der Waals surface area contributed by atoms with Crippen LogP contribution in [0.1, 0.15) is 75.0 Å². The molecule has 4 rings (SSSR count). The van der Waals surface area contributed by atoms with Crippen molar-refractivity contribution >= 4 is 10.9 Å². The number of nitrogens with one attached hydrogen (secondary N) is 1. The highest BCUT2D eigenvalue weighted by Crippen LogP contribution is 2.33. The van der Waals surface area contributed by atoms with E-state index in [1.54, 1.807) is 0 Å². The van der Waals surface area contributed by atoms with Gasteiger partial charge in [-0.15, -0.1) is 5.10 Å². The lowest BCUT2D eigenvalue weighted by atomic mass is 9.94. The lowest BCUT2D eigenvalue weighted by Gasteiger charge is -2.34. The first kappa shape index (κ1) is 22.6. The Morgan fingerprint density at radius 3 is 2.72 bits per heavy atom. The molecule has 172 valence electrons. The zero-order valence-electron chi connectivity index (χ0n) is 19.3. The number of aryl methyl sites for hydroxylation is 1. The molecule has 1 fully saturated rings. The Hall–Kier alpha value is -2.58. The molecule has 2 aromatic heterocycles. The number of pyridine rings is 1.